The molecule has 0 N–H and O–H groups in total. The van der Waals surface area contributed by atoms with Crippen molar-refractivity contribution in [3.8, 4) is 0 Å². The van der Waals surface area contributed by atoms with E-state index in [0.29, 0.717) is 12.8 Å². The number of rotatable bonds is 4. The molecule has 0 fully saturated rings. The van der Waals surface area contributed by atoms with E-state index in [9.17, 15) is 13.2 Å². The van der Waals surface area contributed by atoms with Crippen molar-refractivity contribution in [1.29, 1.82) is 0 Å². The molecule has 0 amide bonds. The molecule has 0 aliphatic carbocycles. The molecule has 0 aromatic heterocycles. The van der Waals surface area contributed by atoms with Crippen LogP contribution in [0.1, 0.15) is 26.7 Å². The molecule has 0 heterocycles. The van der Waals surface area contributed by atoms with Gasteiger partial charge in [-0.1, -0.05) is 26.7 Å². The zero-order chi connectivity index (χ0) is 8.15. The van der Waals surface area contributed by atoms with E-state index in [1.165, 1.54) is 0 Å². The van der Waals surface area contributed by atoms with Crippen molar-refractivity contribution in [2.45, 2.75) is 39.3 Å². The van der Waals surface area contributed by atoms with Crippen molar-refractivity contribution in [2.24, 2.45) is 5.92 Å². The number of halogens is 3. The van der Waals surface area contributed by atoms with Crippen molar-refractivity contribution < 1.29 is 13.2 Å². The summed E-state index contributed by atoms with van der Waals surface area (Å²) in [5, 5.41) is 0. The molecular weight excluding hydrogens is 141 g/mol. The number of hydrogen-bond donors (Lipinski definition) is 0. The quantitative estimate of drug-likeness (QED) is 0.583. The lowest BCUT2D eigenvalue weighted by Crippen LogP contribution is -2.22. The summed E-state index contributed by atoms with van der Waals surface area (Å²) in [6, 6.07) is 0. The molecule has 62 valence electrons. The summed E-state index contributed by atoms with van der Waals surface area (Å²) in [5.74, 6) is -0.472. The van der Waals surface area contributed by atoms with E-state index in [1.54, 1.807) is 13.8 Å². The van der Waals surface area contributed by atoms with Gasteiger partial charge in [-0.15, -0.1) is 0 Å². The monoisotopic (exact) mass is 154 g/mol. The highest BCUT2D eigenvalue weighted by molar-refractivity contribution is 4.68. The molecule has 1 atom stereocenters. The average Bonchev–Trinajstić information content (AvgIpc) is 1.90. The topological polar surface area (TPSA) is 0 Å². The minimum Gasteiger partial charge on any atom is -0.241 e. The maximum atomic E-state index is 12.4. The molecule has 0 nitrogen and oxygen atoms in total. The third-order valence-electron chi connectivity index (χ3n) is 1.74. The average molecular weight is 154 g/mol. The van der Waals surface area contributed by atoms with Gasteiger partial charge in [0.05, 0.1) is 0 Å². The van der Waals surface area contributed by atoms with E-state index in [2.05, 4.69) is 0 Å². The van der Waals surface area contributed by atoms with Crippen molar-refractivity contribution >= 4 is 0 Å². The van der Waals surface area contributed by atoms with Gasteiger partial charge in [-0.05, 0) is 5.92 Å². The Balaban J connectivity index is 3.76. The first-order valence-corrected chi connectivity index (χ1v) is 3.55. The third-order valence-corrected chi connectivity index (χ3v) is 1.74. The summed E-state index contributed by atoms with van der Waals surface area (Å²) in [4.78, 5) is 0. The SMILES string of the molecule is CCC(CC)C(F)C(F)F. The minimum absolute atomic E-state index is 0.472. The third kappa shape index (κ3) is 2.58. The lowest BCUT2D eigenvalue weighted by molar-refractivity contribution is 0.0138. The summed E-state index contributed by atoms with van der Waals surface area (Å²) in [5.41, 5.74) is 0. The summed E-state index contributed by atoms with van der Waals surface area (Å²) < 4.78 is 35.8. The van der Waals surface area contributed by atoms with E-state index in [1.807, 2.05) is 0 Å². The van der Waals surface area contributed by atoms with Crippen LogP contribution in [0.15, 0.2) is 0 Å². The van der Waals surface area contributed by atoms with Gasteiger partial charge in [0.25, 0.3) is 6.43 Å². The molecule has 0 aromatic rings. The molecule has 3 heteroatoms. The Hall–Kier alpha value is -0.210. The number of hydrogen-bond acceptors (Lipinski definition) is 0. The zero-order valence-electron chi connectivity index (χ0n) is 6.28. The largest absolute Gasteiger partial charge is 0.269 e. The Bertz CT molecular complexity index is 78.9. The fourth-order valence-corrected chi connectivity index (χ4v) is 0.945. The van der Waals surface area contributed by atoms with Gasteiger partial charge in [-0.2, -0.15) is 0 Å². The van der Waals surface area contributed by atoms with Gasteiger partial charge in [0, 0.05) is 0 Å². The first-order chi connectivity index (χ1) is 4.63. The second-order valence-corrected chi connectivity index (χ2v) is 2.36. The van der Waals surface area contributed by atoms with Crippen LogP contribution in [-0.4, -0.2) is 12.6 Å². The lowest BCUT2D eigenvalue weighted by atomic mass is 9.98. The van der Waals surface area contributed by atoms with Crippen LogP contribution in [0.2, 0.25) is 0 Å². The van der Waals surface area contributed by atoms with Crippen molar-refractivity contribution in [3.05, 3.63) is 0 Å². The van der Waals surface area contributed by atoms with Crippen LogP contribution in [0.3, 0.4) is 0 Å². The molecule has 0 radical (unpaired) electrons. The molecular formula is C7H13F3. The molecule has 0 spiro atoms. The van der Waals surface area contributed by atoms with Gasteiger partial charge < -0.3 is 0 Å². The molecule has 10 heavy (non-hydrogen) atoms. The molecule has 0 saturated heterocycles. The maximum absolute atomic E-state index is 12.4. The number of alkyl halides is 3. The first-order valence-electron chi connectivity index (χ1n) is 3.55. The molecule has 0 rings (SSSR count). The minimum atomic E-state index is -2.81. The summed E-state index contributed by atoms with van der Waals surface area (Å²) in [7, 11) is 0. The van der Waals surface area contributed by atoms with E-state index in [-0.39, 0.29) is 0 Å². The molecule has 0 aliphatic heterocycles. The van der Waals surface area contributed by atoms with Gasteiger partial charge in [-0.25, -0.2) is 13.2 Å². The highest BCUT2D eigenvalue weighted by Gasteiger charge is 2.26. The van der Waals surface area contributed by atoms with Gasteiger partial charge in [-0.3, -0.25) is 0 Å². The predicted molar refractivity (Wildman–Crippen MR) is 35.0 cm³/mol. The van der Waals surface area contributed by atoms with Gasteiger partial charge in [0.1, 0.15) is 0 Å². The molecule has 1 unspecified atom stereocenters. The zero-order valence-corrected chi connectivity index (χ0v) is 6.28. The summed E-state index contributed by atoms with van der Waals surface area (Å²) >= 11 is 0. The van der Waals surface area contributed by atoms with E-state index in [0.717, 1.165) is 0 Å². The normalized spacial score (nSPS) is 14.7. The van der Waals surface area contributed by atoms with Gasteiger partial charge >= 0.3 is 0 Å². The highest BCUT2D eigenvalue weighted by Crippen LogP contribution is 2.21. The first kappa shape index (κ1) is 9.79. The van der Waals surface area contributed by atoms with Crippen LogP contribution in [0.4, 0.5) is 13.2 Å². The maximum Gasteiger partial charge on any atom is 0.269 e. The fraction of sp³-hybridized carbons (Fsp3) is 1.00. The molecule has 0 aromatic carbocycles. The Morgan fingerprint density at radius 2 is 1.40 bits per heavy atom. The van der Waals surface area contributed by atoms with Crippen LogP contribution < -0.4 is 0 Å². The lowest BCUT2D eigenvalue weighted by Gasteiger charge is -2.16. The van der Waals surface area contributed by atoms with Crippen LogP contribution in [0.25, 0.3) is 0 Å². The fourth-order valence-electron chi connectivity index (χ4n) is 0.945. The van der Waals surface area contributed by atoms with E-state index >= 15 is 0 Å². The van der Waals surface area contributed by atoms with Crippen LogP contribution in [-0.2, 0) is 0 Å². The van der Waals surface area contributed by atoms with Crippen molar-refractivity contribution in [2.75, 3.05) is 0 Å². The van der Waals surface area contributed by atoms with Crippen molar-refractivity contribution in [1.82, 2.24) is 0 Å². The Morgan fingerprint density at radius 1 is 1.00 bits per heavy atom. The van der Waals surface area contributed by atoms with Crippen LogP contribution in [0, 0.1) is 5.92 Å². The second kappa shape index (κ2) is 4.58. The van der Waals surface area contributed by atoms with E-state index < -0.39 is 18.5 Å². The van der Waals surface area contributed by atoms with Gasteiger partial charge in [0.15, 0.2) is 6.17 Å². The van der Waals surface area contributed by atoms with Gasteiger partial charge in [0.2, 0.25) is 0 Å². The Kier molecular flexibility index (Phi) is 4.49. The standard InChI is InChI=1S/C7H13F3/c1-3-5(4-2)6(8)7(9)10/h5-7H,3-4H2,1-2H3. The van der Waals surface area contributed by atoms with Crippen LogP contribution >= 0.6 is 0 Å². The molecule has 0 bridgehead atoms. The Labute approximate surface area is 59.4 Å². The summed E-state index contributed by atoms with van der Waals surface area (Å²) in [6.45, 7) is 3.45. The van der Waals surface area contributed by atoms with Crippen LogP contribution in [0.5, 0.6) is 0 Å². The summed E-state index contributed by atoms with van der Waals surface area (Å²) in [6.07, 6.45) is -3.77. The highest BCUT2D eigenvalue weighted by atomic mass is 19.3. The Morgan fingerprint density at radius 3 is 1.50 bits per heavy atom. The second-order valence-electron chi connectivity index (χ2n) is 2.36. The molecule has 0 saturated carbocycles. The molecule has 0 aliphatic rings. The van der Waals surface area contributed by atoms with E-state index in [4.69, 9.17) is 0 Å². The predicted octanol–water partition coefficient (Wildman–Crippen LogP) is 3.03. The van der Waals surface area contributed by atoms with Crippen molar-refractivity contribution in [3.63, 3.8) is 0 Å². The smallest absolute Gasteiger partial charge is 0.241 e.